The van der Waals surface area contributed by atoms with E-state index in [1.165, 1.54) is 4.90 Å². The molecule has 0 N–H and O–H groups in total. The van der Waals surface area contributed by atoms with Gasteiger partial charge >= 0.3 is 12.1 Å². The monoisotopic (exact) mass is 155 g/mol. The van der Waals surface area contributed by atoms with E-state index in [9.17, 15) is 9.59 Å². The molecule has 2 saturated heterocycles. The fraction of sp³-hybridized carbons (Fsp3) is 0.714. The van der Waals surface area contributed by atoms with Crippen molar-refractivity contribution in [3.8, 4) is 0 Å². The third kappa shape index (κ3) is 0.640. The normalized spacial score (nSPS) is 35.9. The minimum absolute atomic E-state index is 0.389. The Morgan fingerprint density at radius 2 is 2.27 bits per heavy atom. The molecule has 0 radical (unpaired) electrons. The molecule has 0 aromatic carbocycles. The van der Waals surface area contributed by atoms with Crippen molar-refractivity contribution in [1.29, 1.82) is 0 Å². The van der Waals surface area contributed by atoms with Crippen LogP contribution in [0.15, 0.2) is 0 Å². The van der Waals surface area contributed by atoms with Crippen LogP contribution in [0.1, 0.15) is 19.8 Å². The average molecular weight is 155 g/mol. The van der Waals surface area contributed by atoms with Crippen molar-refractivity contribution >= 4 is 12.1 Å². The van der Waals surface area contributed by atoms with Crippen LogP contribution in [0.25, 0.3) is 0 Å². The van der Waals surface area contributed by atoms with Crippen molar-refractivity contribution in [2.45, 2.75) is 25.3 Å². The zero-order valence-corrected chi connectivity index (χ0v) is 6.29. The van der Waals surface area contributed by atoms with Crippen molar-refractivity contribution in [3.63, 3.8) is 0 Å². The zero-order valence-electron chi connectivity index (χ0n) is 6.29. The standard InChI is InChI=1S/C7H9NO3/c1-7-3-2-4-8(7)6(10)11-5(7)9/h2-4H2,1H3/t7-/m1/s1. The minimum atomic E-state index is -0.642. The summed E-state index contributed by atoms with van der Waals surface area (Å²) in [6.45, 7) is 2.41. The first-order valence-electron chi connectivity index (χ1n) is 3.68. The van der Waals surface area contributed by atoms with Crippen LogP contribution >= 0.6 is 0 Å². The number of ether oxygens (including phenoxy) is 1. The number of cyclic esters (lactones) is 2. The van der Waals surface area contributed by atoms with Crippen molar-refractivity contribution in [2.24, 2.45) is 0 Å². The average Bonchev–Trinajstić information content (AvgIpc) is 2.39. The number of hydrogen-bond acceptors (Lipinski definition) is 3. The molecule has 2 rings (SSSR count). The van der Waals surface area contributed by atoms with E-state index in [4.69, 9.17) is 0 Å². The molecule has 4 heteroatoms. The lowest BCUT2D eigenvalue weighted by Crippen LogP contribution is -2.41. The maximum atomic E-state index is 11.1. The van der Waals surface area contributed by atoms with Gasteiger partial charge in [0.1, 0.15) is 5.54 Å². The van der Waals surface area contributed by atoms with Gasteiger partial charge in [-0.05, 0) is 19.8 Å². The van der Waals surface area contributed by atoms with Crippen LogP contribution in [0.5, 0.6) is 0 Å². The summed E-state index contributed by atoms with van der Waals surface area (Å²) in [5.41, 5.74) is -0.642. The Hall–Kier alpha value is -1.06. The molecule has 2 aliphatic heterocycles. The Morgan fingerprint density at radius 1 is 1.55 bits per heavy atom. The van der Waals surface area contributed by atoms with E-state index in [0.717, 1.165) is 12.8 Å². The summed E-state index contributed by atoms with van der Waals surface area (Å²) < 4.78 is 4.48. The van der Waals surface area contributed by atoms with Gasteiger partial charge in [-0.2, -0.15) is 0 Å². The Bertz CT molecular complexity index is 238. The molecule has 0 aromatic rings. The van der Waals surface area contributed by atoms with Crippen LogP contribution in [0, 0.1) is 0 Å². The van der Waals surface area contributed by atoms with Gasteiger partial charge in [0.05, 0.1) is 0 Å². The predicted octanol–water partition coefficient (Wildman–Crippen LogP) is 0.518. The third-order valence-corrected chi connectivity index (χ3v) is 2.48. The number of nitrogens with zero attached hydrogens (tertiary/aromatic N) is 1. The minimum Gasteiger partial charge on any atom is -0.374 e. The van der Waals surface area contributed by atoms with Crippen molar-refractivity contribution in [1.82, 2.24) is 4.90 Å². The number of esters is 1. The van der Waals surface area contributed by atoms with Crippen LogP contribution < -0.4 is 0 Å². The van der Waals surface area contributed by atoms with E-state index in [2.05, 4.69) is 4.74 Å². The smallest absolute Gasteiger partial charge is 0.374 e. The largest absolute Gasteiger partial charge is 0.418 e. The molecule has 0 unspecified atom stereocenters. The third-order valence-electron chi connectivity index (χ3n) is 2.48. The lowest BCUT2D eigenvalue weighted by Gasteiger charge is -2.19. The topological polar surface area (TPSA) is 46.6 Å². The van der Waals surface area contributed by atoms with Gasteiger partial charge in [0, 0.05) is 6.54 Å². The highest BCUT2D eigenvalue weighted by molar-refractivity contribution is 5.98. The Balaban J connectivity index is 2.39. The van der Waals surface area contributed by atoms with Crippen molar-refractivity contribution in [3.05, 3.63) is 0 Å². The lowest BCUT2D eigenvalue weighted by molar-refractivity contribution is -0.139. The van der Waals surface area contributed by atoms with E-state index >= 15 is 0 Å². The summed E-state index contributed by atoms with van der Waals surface area (Å²) in [5, 5.41) is 0. The Labute approximate surface area is 64.1 Å². The van der Waals surface area contributed by atoms with Gasteiger partial charge in [0.15, 0.2) is 0 Å². The first-order chi connectivity index (χ1) is 5.14. The first-order valence-corrected chi connectivity index (χ1v) is 3.68. The summed E-state index contributed by atoms with van der Waals surface area (Å²) >= 11 is 0. The van der Waals surface area contributed by atoms with Gasteiger partial charge < -0.3 is 4.74 Å². The fourth-order valence-corrected chi connectivity index (χ4v) is 1.71. The molecular formula is C7H9NO3. The van der Waals surface area contributed by atoms with Gasteiger partial charge in [-0.3, -0.25) is 4.90 Å². The van der Waals surface area contributed by atoms with Crippen LogP contribution in [0.4, 0.5) is 4.79 Å². The second-order valence-electron chi connectivity index (χ2n) is 3.18. The molecule has 60 valence electrons. The molecule has 0 spiro atoms. The molecule has 0 bridgehead atoms. The Kier molecular flexibility index (Phi) is 1.06. The summed E-state index contributed by atoms with van der Waals surface area (Å²) in [6.07, 6.45) is 1.16. The fourth-order valence-electron chi connectivity index (χ4n) is 1.71. The number of carbonyl (C=O) groups excluding carboxylic acids is 2. The number of carbonyl (C=O) groups is 2. The van der Waals surface area contributed by atoms with Crippen molar-refractivity contribution in [2.75, 3.05) is 6.54 Å². The number of hydrogen-bond donors (Lipinski definition) is 0. The summed E-state index contributed by atoms with van der Waals surface area (Å²) in [4.78, 5) is 23.6. The van der Waals surface area contributed by atoms with E-state index in [1.54, 1.807) is 6.92 Å². The van der Waals surface area contributed by atoms with Crippen LogP contribution in [0.2, 0.25) is 0 Å². The maximum Gasteiger partial charge on any atom is 0.418 e. The van der Waals surface area contributed by atoms with Gasteiger partial charge in [0.2, 0.25) is 0 Å². The molecule has 2 aliphatic rings. The highest BCUT2D eigenvalue weighted by atomic mass is 16.6. The van der Waals surface area contributed by atoms with Gasteiger partial charge in [-0.25, -0.2) is 9.59 Å². The predicted molar refractivity (Wildman–Crippen MR) is 35.8 cm³/mol. The summed E-state index contributed by atoms with van der Waals surface area (Å²) in [7, 11) is 0. The molecule has 4 nitrogen and oxygen atoms in total. The Morgan fingerprint density at radius 3 is 2.91 bits per heavy atom. The van der Waals surface area contributed by atoms with Gasteiger partial charge in [0.25, 0.3) is 0 Å². The SMILES string of the molecule is C[C@]12CCCN1C(=O)OC2=O. The highest BCUT2D eigenvalue weighted by Crippen LogP contribution is 2.35. The lowest BCUT2D eigenvalue weighted by atomic mass is 10.0. The molecule has 1 amide bonds. The van der Waals surface area contributed by atoms with E-state index in [1.807, 2.05) is 0 Å². The second-order valence-corrected chi connectivity index (χ2v) is 3.18. The molecule has 1 atom stereocenters. The molecule has 2 heterocycles. The second kappa shape index (κ2) is 1.75. The molecule has 0 saturated carbocycles. The first kappa shape index (κ1) is 6.64. The van der Waals surface area contributed by atoms with Gasteiger partial charge in [-0.1, -0.05) is 0 Å². The quantitative estimate of drug-likeness (QED) is 0.378. The molecule has 0 aliphatic carbocycles. The number of fused-ring (bicyclic) bond motifs is 1. The number of rotatable bonds is 0. The highest BCUT2D eigenvalue weighted by Gasteiger charge is 2.54. The maximum absolute atomic E-state index is 11.1. The van der Waals surface area contributed by atoms with Crippen LogP contribution in [-0.2, 0) is 9.53 Å². The van der Waals surface area contributed by atoms with E-state index in [0.29, 0.717) is 6.54 Å². The molecule has 11 heavy (non-hydrogen) atoms. The van der Waals surface area contributed by atoms with E-state index < -0.39 is 11.6 Å². The number of amides is 1. The molecule has 2 fully saturated rings. The van der Waals surface area contributed by atoms with Gasteiger partial charge in [-0.15, -0.1) is 0 Å². The van der Waals surface area contributed by atoms with E-state index in [-0.39, 0.29) is 5.97 Å². The summed E-state index contributed by atoms with van der Waals surface area (Å²) in [6, 6.07) is 0. The summed E-state index contributed by atoms with van der Waals surface area (Å²) in [5.74, 6) is -0.389. The molecular weight excluding hydrogens is 146 g/mol. The zero-order chi connectivity index (χ0) is 8.06. The van der Waals surface area contributed by atoms with Crippen molar-refractivity contribution < 1.29 is 14.3 Å². The van der Waals surface area contributed by atoms with Crippen LogP contribution in [-0.4, -0.2) is 29.0 Å². The molecule has 0 aromatic heterocycles. The van der Waals surface area contributed by atoms with Crippen LogP contribution in [0.3, 0.4) is 0 Å².